The fourth-order valence-corrected chi connectivity index (χ4v) is 2.96. The lowest BCUT2D eigenvalue weighted by Gasteiger charge is -2.04. The highest BCUT2D eigenvalue weighted by atomic mass is 35.5. The van der Waals surface area contributed by atoms with E-state index in [1.807, 2.05) is 45.5 Å². The largest absolute Gasteiger partial charge is 0.393 e. The van der Waals surface area contributed by atoms with Crippen LogP contribution in [0.5, 0.6) is 0 Å². The van der Waals surface area contributed by atoms with Crippen LogP contribution in [0.15, 0.2) is 42.5 Å². The molecule has 0 radical (unpaired) electrons. The summed E-state index contributed by atoms with van der Waals surface area (Å²) < 4.78 is 3.91. The van der Waals surface area contributed by atoms with Crippen molar-refractivity contribution in [3.63, 3.8) is 0 Å². The third-order valence-corrected chi connectivity index (χ3v) is 4.40. The highest BCUT2D eigenvalue weighted by Crippen LogP contribution is 2.23. The number of fused-ring (bicyclic) bond motifs is 1. The average molecular weight is 337 g/mol. The van der Waals surface area contributed by atoms with Crippen molar-refractivity contribution in [2.24, 2.45) is 0 Å². The maximum atomic E-state index is 9.25. The number of hydrogen-bond acceptors (Lipinski definition) is 2. The average Bonchev–Trinajstić information content (AvgIpc) is 2.77. The predicted octanol–water partition coefficient (Wildman–Crippen LogP) is 2.86. The molecule has 0 fully saturated rings. The van der Waals surface area contributed by atoms with Crippen molar-refractivity contribution in [1.29, 1.82) is 0 Å². The van der Waals surface area contributed by atoms with E-state index in [2.05, 4.69) is 0 Å². The van der Waals surface area contributed by atoms with Crippen LogP contribution in [0.1, 0.15) is 5.56 Å². The van der Waals surface area contributed by atoms with Crippen LogP contribution in [0.3, 0.4) is 0 Å². The lowest BCUT2D eigenvalue weighted by atomic mass is 10.2. The summed E-state index contributed by atoms with van der Waals surface area (Å²) in [5, 5.41) is 10.3. The van der Waals surface area contributed by atoms with Gasteiger partial charge in [0.25, 0.3) is 0 Å². The summed E-state index contributed by atoms with van der Waals surface area (Å²) in [4.78, 5) is 0. The van der Waals surface area contributed by atoms with Gasteiger partial charge in [-0.3, -0.25) is 5.73 Å². The first-order chi connectivity index (χ1) is 10.6. The standard InChI is InChI=1S/C16H15Cl2N3O/c17-12-6-5-11(9-13(12)18)10-21-15-4-2-1-3-14(15)20(7-8-22)16(21)19/h1-6,9,19,22H,7-8,10H2/p+1. The second-order valence-corrected chi connectivity index (χ2v) is 5.87. The quantitative estimate of drug-likeness (QED) is 0.720. The van der Waals surface area contributed by atoms with Crippen LogP contribution in [0.25, 0.3) is 11.0 Å². The van der Waals surface area contributed by atoms with E-state index in [1.54, 1.807) is 6.07 Å². The molecule has 4 nitrogen and oxygen atoms in total. The smallest absolute Gasteiger partial charge is 0.356 e. The number of aromatic nitrogens is 2. The van der Waals surface area contributed by atoms with Gasteiger partial charge in [-0.1, -0.05) is 41.4 Å². The van der Waals surface area contributed by atoms with E-state index in [4.69, 9.17) is 28.9 Å². The molecule has 0 aliphatic carbocycles. The van der Waals surface area contributed by atoms with Crippen LogP contribution < -0.4 is 10.3 Å². The van der Waals surface area contributed by atoms with Crippen molar-refractivity contribution in [3.05, 3.63) is 58.1 Å². The Hall–Kier alpha value is -1.75. The number of aliphatic hydroxyl groups excluding tert-OH is 1. The first-order valence-corrected chi connectivity index (χ1v) is 7.68. The molecule has 0 spiro atoms. The third-order valence-electron chi connectivity index (χ3n) is 3.66. The van der Waals surface area contributed by atoms with Crippen molar-refractivity contribution in [3.8, 4) is 0 Å². The highest BCUT2D eigenvalue weighted by molar-refractivity contribution is 6.42. The Morgan fingerprint density at radius 1 is 1.09 bits per heavy atom. The number of nitrogens with zero attached hydrogens (tertiary/aromatic N) is 2. The SMILES string of the molecule is Nc1n(CCO)c2ccccc2[n+]1Cc1ccc(Cl)c(Cl)c1. The van der Waals surface area contributed by atoms with Crippen molar-refractivity contribution < 1.29 is 9.67 Å². The summed E-state index contributed by atoms with van der Waals surface area (Å²) in [6, 6.07) is 13.5. The molecule has 0 saturated heterocycles. The minimum Gasteiger partial charge on any atom is -0.393 e. The van der Waals surface area contributed by atoms with E-state index in [9.17, 15) is 5.11 Å². The molecule has 0 saturated carbocycles. The molecule has 0 amide bonds. The van der Waals surface area contributed by atoms with Gasteiger partial charge in [-0.2, -0.15) is 0 Å². The normalized spacial score (nSPS) is 11.2. The van der Waals surface area contributed by atoms with Gasteiger partial charge in [0.05, 0.1) is 29.7 Å². The zero-order valence-corrected chi connectivity index (χ0v) is 13.3. The number of para-hydroxylation sites is 2. The number of hydrogen-bond donors (Lipinski definition) is 2. The van der Waals surface area contributed by atoms with Crippen LogP contribution in [0.4, 0.5) is 5.95 Å². The van der Waals surface area contributed by atoms with E-state index in [-0.39, 0.29) is 6.61 Å². The fraction of sp³-hybridized carbons (Fsp3) is 0.188. The molecule has 0 aliphatic rings. The maximum Gasteiger partial charge on any atom is 0.356 e. The molecular formula is C16H16Cl2N3O+. The lowest BCUT2D eigenvalue weighted by Crippen LogP contribution is -2.37. The molecule has 3 aromatic rings. The molecule has 0 unspecified atom stereocenters. The topological polar surface area (TPSA) is 55.1 Å². The van der Waals surface area contributed by atoms with Gasteiger partial charge in [0, 0.05) is 0 Å². The van der Waals surface area contributed by atoms with Gasteiger partial charge in [-0.15, -0.1) is 0 Å². The van der Waals surface area contributed by atoms with E-state index < -0.39 is 0 Å². The van der Waals surface area contributed by atoms with Gasteiger partial charge < -0.3 is 5.11 Å². The lowest BCUT2D eigenvalue weighted by molar-refractivity contribution is -0.648. The summed E-state index contributed by atoms with van der Waals surface area (Å²) in [6.45, 7) is 1.08. The van der Waals surface area contributed by atoms with Crippen molar-refractivity contribution >= 4 is 40.2 Å². The Kier molecular flexibility index (Phi) is 4.25. The van der Waals surface area contributed by atoms with Gasteiger partial charge in [0.1, 0.15) is 11.0 Å². The van der Waals surface area contributed by atoms with Gasteiger partial charge in [-0.05, 0) is 29.8 Å². The first kappa shape index (κ1) is 15.2. The molecule has 1 heterocycles. The summed E-state index contributed by atoms with van der Waals surface area (Å²) >= 11 is 12.0. The molecule has 3 rings (SSSR count). The summed E-state index contributed by atoms with van der Waals surface area (Å²) in [7, 11) is 0. The molecular weight excluding hydrogens is 321 g/mol. The monoisotopic (exact) mass is 336 g/mol. The minimum absolute atomic E-state index is 0.0373. The second-order valence-electron chi connectivity index (χ2n) is 5.06. The Labute approximate surface area is 138 Å². The number of imidazole rings is 1. The van der Waals surface area contributed by atoms with Crippen molar-refractivity contribution in [2.45, 2.75) is 13.1 Å². The van der Waals surface area contributed by atoms with E-state index >= 15 is 0 Å². The number of benzene rings is 2. The Bertz CT molecular complexity index is 830. The Morgan fingerprint density at radius 2 is 1.86 bits per heavy atom. The molecule has 0 bridgehead atoms. The predicted molar refractivity (Wildman–Crippen MR) is 89.2 cm³/mol. The van der Waals surface area contributed by atoms with Crippen molar-refractivity contribution in [1.82, 2.24) is 4.57 Å². The molecule has 0 atom stereocenters. The third kappa shape index (κ3) is 2.65. The first-order valence-electron chi connectivity index (χ1n) is 6.93. The summed E-state index contributed by atoms with van der Waals surface area (Å²) in [5.74, 6) is 0.598. The van der Waals surface area contributed by atoms with Crippen LogP contribution in [0, 0.1) is 0 Å². The number of rotatable bonds is 4. The van der Waals surface area contributed by atoms with Crippen LogP contribution >= 0.6 is 23.2 Å². The molecule has 1 aromatic heterocycles. The van der Waals surface area contributed by atoms with Crippen LogP contribution in [-0.2, 0) is 13.1 Å². The number of nitrogens with two attached hydrogens (primary N) is 1. The van der Waals surface area contributed by atoms with Crippen LogP contribution in [0.2, 0.25) is 10.0 Å². The number of aliphatic hydroxyl groups is 1. The van der Waals surface area contributed by atoms with Gasteiger partial charge in [-0.25, -0.2) is 9.13 Å². The molecule has 0 aliphatic heterocycles. The van der Waals surface area contributed by atoms with Gasteiger partial charge in [0.15, 0.2) is 0 Å². The highest BCUT2D eigenvalue weighted by Gasteiger charge is 2.20. The van der Waals surface area contributed by atoms with Gasteiger partial charge in [0.2, 0.25) is 0 Å². The van der Waals surface area contributed by atoms with Crippen LogP contribution in [-0.4, -0.2) is 16.3 Å². The number of halogens is 2. The summed E-state index contributed by atoms with van der Waals surface area (Å²) in [5.41, 5.74) is 9.29. The Morgan fingerprint density at radius 3 is 2.59 bits per heavy atom. The minimum atomic E-state index is 0.0373. The zero-order valence-electron chi connectivity index (χ0n) is 11.8. The fourth-order valence-electron chi connectivity index (χ4n) is 2.63. The van der Waals surface area contributed by atoms with E-state index in [0.29, 0.717) is 29.1 Å². The molecule has 6 heteroatoms. The molecule has 114 valence electrons. The maximum absolute atomic E-state index is 9.25. The molecule has 3 N–H and O–H groups in total. The van der Waals surface area contributed by atoms with E-state index in [0.717, 1.165) is 16.6 Å². The summed E-state index contributed by atoms with van der Waals surface area (Å²) in [6.07, 6.45) is 0. The number of nitrogen functional groups attached to an aromatic ring is 1. The zero-order chi connectivity index (χ0) is 15.7. The second kappa shape index (κ2) is 6.16. The van der Waals surface area contributed by atoms with E-state index in [1.165, 1.54) is 0 Å². The number of anilines is 1. The van der Waals surface area contributed by atoms with Gasteiger partial charge >= 0.3 is 5.95 Å². The molecule has 22 heavy (non-hydrogen) atoms. The molecule has 2 aromatic carbocycles. The Balaban J connectivity index is 2.10. The van der Waals surface area contributed by atoms with Crippen molar-refractivity contribution in [2.75, 3.05) is 12.3 Å².